The molecular formula is C27H25F4N7O3S. The highest BCUT2D eigenvalue weighted by atomic mass is 32.2. The van der Waals surface area contributed by atoms with Crippen molar-refractivity contribution in [2.45, 2.75) is 36.5 Å². The van der Waals surface area contributed by atoms with E-state index < -0.39 is 32.5 Å². The van der Waals surface area contributed by atoms with Crippen molar-refractivity contribution in [2.75, 3.05) is 18.8 Å². The molecule has 5 rings (SSSR count). The third-order valence-corrected chi connectivity index (χ3v) is 8.33. The summed E-state index contributed by atoms with van der Waals surface area (Å²) in [6, 6.07) is 7.55. The third-order valence-electron chi connectivity index (χ3n) is 6.95. The Morgan fingerprint density at radius 1 is 1.17 bits per heavy atom. The molecule has 220 valence electrons. The summed E-state index contributed by atoms with van der Waals surface area (Å²) in [6.07, 6.45) is -0.780. The zero-order valence-electron chi connectivity index (χ0n) is 22.0. The van der Waals surface area contributed by atoms with Crippen molar-refractivity contribution in [1.82, 2.24) is 29.4 Å². The number of carbonyl (C=O) groups excluding carboxylic acids is 1. The Kier molecular flexibility index (Phi) is 7.72. The van der Waals surface area contributed by atoms with Crippen LogP contribution < -0.4 is 10.5 Å². The van der Waals surface area contributed by atoms with E-state index in [9.17, 15) is 30.8 Å². The predicted octanol–water partition coefficient (Wildman–Crippen LogP) is 4.06. The number of carbonyl (C=O) groups is 1. The Bertz CT molecular complexity index is 1770. The van der Waals surface area contributed by atoms with Crippen LogP contribution in [-0.4, -0.2) is 52.1 Å². The smallest absolute Gasteiger partial charge is 0.383 e. The molecule has 0 radical (unpaired) electrons. The minimum atomic E-state index is -4.91. The number of fused-ring (bicyclic) bond motifs is 1. The Morgan fingerprint density at radius 2 is 1.90 bits per heavy atom. The van der Waals surface area contributed by atoms with Gasteiger partial charge >= 0.3 is 6.18 Å². The van der Waals surface area contributed by atoms with E-state index in [0.29, 0.717) is 53.1 Å². The number of nitrogens with one attached hydrogen (secondary N) is 1. The fraction of sp³-hybridized carbons (Fsp3) is 0.259. The number of halogens is 4. The normalized spacial score (nSPS) is 16.1. The van der Waals surface area contributed by atoms with Crippen molar-refractivity contribution in [1.29, 1.82) is 0 Å². The molecule has 10 nitrogen and oxygen atoms in total. The van der Waals surface area contributed by atoms with Crippen LogP contribution in [0.1, 0.15) is 30.0 Å². The first kappa shape index (κ1) is 29.1. The molecule has 42 heavy (non-hydrogen) atoms. The molecule has 0 aliphatic carbocycles. The molecule has 1 fully saturated rings. The van der Waals surface area contributed by atoms with Gasteiger partial charge in [-0.15, -0.1) is 0 Å². The highest BCUT2D eigenvalue weighted by Gasteiger charge is 2.33. The van der Waals surface area contributed by atoms with Gasteiger partial charge in [0.2, 0.25) is 15.9 Å². The maximum Gasteiger partial charge on any atom is 0.416 e. The summed E-state index contributed by atoms with van der Waals surface area (Å²) in [5, 5.41) is 5.30. The zero-order chi connectivity index (χ0) is 30.2. The number of rotatable bonds is 7. The van der Waals surface area contributed by atoms with Gasteiger partial charge in [-0.1, -0.05) is 30.8 Å². The molecule has 1 atom stereocenters. The molecule has 1 aliphatic rings. The van der Waals surface area contributed by atoms with Gasteiger partial charge in [-0.05, 0) is 42.7 Å². The molecule has 1 saturated heterocycles. The molecule has 3 N–H and O–H groups in total. The molecule has 3 heterocycles. The van der Waals surface area contributed by atoms with Gasteiger partial charge in [0.25, 0.3) is 0 Å². The molecule has 0 unspecified atom stereocenters. The van der Waals surface area contributed by atoms with Gasteiger partial charge in [0.05, 0.1) is 21.9 Å². The van der Waals surface area contributed by atoms with Crippen molar-refractivity contribution >= 4 is 32.8 Å². The summed E-state index contributed by atoms with van der Waals surface area (Å²) in [7, 11) is -4.46. The lowest BCUT2D eigenvalue weighted by atomic mass is 10.1. The lowest BCUT2D eigenvalue weighted by Gasteiger charge is -2.32. The SMILES string of the molecule is C=CC(=O)N1CCC[C@@H](n2nc(-c3ccc(CNS(=O)(=O)c4cc(F)cc(C(F)(F)F)c4)cc3)c3c(N)ncnc32)C1. The average molecular weight is 604 g/mol. The summed E-state index contributed by atoms with van der Waals surface area (Å²) >= 11 is 0. The first-order valence-electron chi connectivity index (χ1n) is 12.7. The van der Waals surface area contributed by atoms with Gasteiger partial charge in [-0.25, -0.2) is 32.2 Å². The second kappa shape index (κ2) is 11.1. The van der Waals surface area contributed by atoms with E-state index in [4.69, 9.17) is 10.8 Å². The number of alkyl halides is 3. The van der Waals surface area contributed by atoms with E-state index in [1.165, 1.54) is 12.4 Å². The number of nitrogen functional groups attached to an aromatic ring is 1. The van der Waals surface area contributed by atoms with E-state index in [0.717, 1.165) is 12.8 Å². The van der Waals surface area contributed by atoms with E-state index in [1.54, 1.807) is 33.8 Å². The average Bonchev–Trinajstić information content (AvgIpc) is 3.36. The van der Waals surface area contributed by atoms with Gasteiger partial charge in [-0.2, -0.15) is 18.3 Å². The van der Waals surface area contributed by atoms with Crippen molar-refractivity contribution in [2.24, 2.45) is 0 Å². The second-order valence-electron chi connectivity index (χ2n) is 9.73. The fourth-order valence-corrected chi connectivity index (χ4v) is 5.93. The van der Waals surface area contributed by atoms with Crippen LogP contribution in [0.5, 0.6) is 0 Å². The lowest BCUT2D eigenvalue weighted by Crippen LogP contribution is -2.40. The monoisotopic (exact) mass is 603 g/mol. The molecule has 1 aliphatic heterocycles. The number of nitrogens with two attached hydrogens (primary N) is 1. The maximum atomic E-state index is 13.7. The number of nitrogens with zero attached hydrogens (tertiary/aromatic N) is 5. The molecule has 15 heteroatoms. The zero-order valence-corrected chi connectivity index (χ0v) is 22.8. The van der Waals surface area contributed by atoms with Gasteiger partial charge in [0, 0.05) is 25.2 Å². The second-order valence-corrected chi connectivity index (χ2v) is 11.5. The molecule has 0 bridgehead atoms. The first-order valence-corrected chi connectivity index (χ1v) is 14.2. The number of aromatic nitrogens is 4. The molecule has 1 amide bonds. The van der Waals surface area contributed by atoms with E-state index >= 15 is 0 Å². The number of piperidine rings is 1. The highest BCUT2D eigenvalue weighted by Crippen LogP contribution is 2.34. The van der Waals surface area contributed by atoms with E-state index in [1.807, 2.05) is 0 Å². The Morgan fingerprint density at radius 3 is 2.60 bits per heavy atom. The van der Waals surface area contributed by atoms with Crippen LogP contribution in [0.2, 0.25) is 0 Å². The number of likely N-dealkylation sites (tertiary alicyclic amines) is 1. The first-order chi connectivity index (χ1) is 19.9. The predicted molar refractivity (Wildman–Crippen MR) is 146 cm³/mol. The Labute approximate surface area is 237 Å². The fourth-order valence-electron chi connectivity index (χ4n) is 4.86. The van der Waals surface area contributed by atoms with Crippen molar-refractivity contribution in [3.8, 4) is 11.3 Å². The maximum absolute atomic E-state index is 13.7. The summed E-state index contributed by atoms with van der Waals surface area (Å²) in [5.74, 6) is -1.28. The van der Waals surface area contributed by atoms with Crippen LogP contribution in [0.25, 0.3) is 22.3 Å². The standard InChI is InChI=1S/C27H25F4N7O3S/c1-2-22(39)37-9-3-4-20(14-37)38-26-23(25(32)33-15-34-26)24(36-38)17-7-5-16(6-8-17)13-35-42(40,41)21-11-18(27(29,30)31)10-19(28)12-21/h2,5-8,10-12,15,20,35H,1,3-4,9,13-14H2,(H2,32,33,34)/t20-/m1/s1. The van der Waals surface area contributed by atoms with E-state index in [-0.39, 0.29) is 30.4 Å². The number of sulfonamides is 1. The molecule has 0 saturated carbocycles. The highest BCUT2D eigenvalue weighted by molar-refractivity contribution is 7.89. The molecule has 0 spiro atoms. The van der Waals surface area contributed by atoms with Gasteiger partial charge in [-0.3, -0.25) is 4.79 Å². The summed E-state index contributed by atoms with van der Waals surface area (Å²) in [4.78, 5) is 21.6. The van der Waals surface area contributed by atoms with Gasteiger partial charge in [0.15, 0.2) is 5.65 Å². The van der Waals surface area contributed by atoms with Crippen LogP contribution in [-0.2, 0) is 27.5 Å². The van der Waals surface area contributed by atoms with Crippen LogP contribution >= 0.6 is 0 Å². The van der Waals surface area contributed by atoms with Crippen LogP contribution in [0.4, 0.5) is 23.4 Å². The van der Waals surface area contributed by atoms with Crippen LogP contribution in [0, 0.1) is 5.82 Å². The third kappa shape index (κ3) is 5.83. The summed E-state index contributed by atoms with van der Waals surface area (Å²) < 4.78 is 82.1. The van der Waals surface area contributed by atoms with Crippen molar-refractivity contribution < 1.29 is 30.8 Å². The quantitative estimate of drug-likeness (QED) is 0.240. The number of benzene rings is 2. The Balaban J connectivity index is 1.39. The number of hydrogen-bond donors (Lipinski definition) is 2. The minimum Gasteiger partial charge on any atom is -0.383 e. The number of amides is 1. The van der Waals surface area contributed by atoms with Gasteiger partial charge < -0.3 is 10.6 Å². The molecule has 4 aromatic rings. The van der Waals surface area contributed by atoms with Crippen LogP contribution in [0.3, 0.4) is 0 Å². The molecule has 2 aromatic carbocycles. The van der Waals surface area contributed by atoms with Crippen LogP contribution in [0.15, 0.2) is 66.3 Å². The molecule has 2 aromatic heterocycles. The number of hydrogen-bond acceptors (Lipinski definition) is 7. The Hall–Kier alpha value is -4.37. The summed E-state index contributed by atoms with van der Waals surface area (Å²) in [6.45, 7) is 4.32. The minimum absolute atomic E-state index is 0.164. The largest absolute Gasteiger partial charge is 0.416 e. The molecular weight excluding hydrogens is 578 g/mol. The summed E-state index contributed by atoms with van der Waals surface area (Å²) in [5.41, 5.74) is 6.90. The van der Waals surface area contributed by atoms with E-state index in [2.05, 4.69) is 21.3 Å². The number of anilines is 1. The van der Waals surface area contributed by atoms with Gasteiger partial charge in [0.1, 0.15) is 23.7 Å². The van der Waals surface area contributed by atoms with Crippen molar-refractivity contribution in [3.63, 3.8) is 0 Å². The topological polar surface area (TPSA) is 136 Å². The lowest BCUT2D eigenvalue weighted by molar-refractivity contribution is -0.138. The van der Waals surface area contributed by atoms with Crippen molar-refractivity contribution in [3.05, 3.63) is 78.4 Å².